The number of carbonyl (C=O) groups excluding carboxylic acids is 1. The minimum atomic E-state index is -3.62. The van der Waals surface area contributed by atoms with Gasteiger partial charge in [-0.3, -0.25) is 9.52 Å². The van der Waals surface area contributed by atoms with Crippen molar-refractivity contribution in [2.24, 2.45) is 5.73 Å². The van der Waals surface area contributed by atoms with Crippen LogP contribution in [0.5, 0.6) is 0 Å². The Morgan fingerprint density at radius 2 is 2.04 bits per heavy atom. The van der Waals surface area contributed by atoms with Gasteiger partial charge in [-0.2, -0.15) is 0 Å². The first kappa shape index (κ1) is 20.4. The number of anilines is 1. The molecule has 0 fully saturated rings. The molecular weight excluding hydrogens is 370 g/mol. The molecule has 24 heavy (non-hydrogen) atoms. The third-order valence-corrected chi connectivity index (χ3v) is 5.80. The molecule has 0 aliphatic heterocycles. The fraction of sp³-hybridized carbons (Fsp3) is 0.267. The summed E-state index contributed by atoms with van der Waals surface area (Å²) in [4.78, 5) is 12.0. The molecule has 1 amide bonds. The van der Waals surface area contributed by atoms with Crippen LogP contribution in [0.4, 0.5) is 5.69 Å². The van der Waals surface area contributed by atoms with Crippen molar-refractivity contribution in [3.63, 3.8) is 0 Å². The van der Waals surface area contributed by atoms with Crippen molar-refractivity contribution < 1.29 is 13.2 Å². The van der Waals surface area contributed by atoms with Crippen LogP contribution in [-0.2, 0) is 10.0 Å². The summed E-state index contributed by atoms with van der Waals surface area (Å²) in [6.45, 7) is 2.34. The van der Waals surface area contributed by atoms with E-state index in [9.17, 15) is 13.2 Å². The first-order valence-corrected chi connectivity index (χ1v) is 9.45. The molecule has 4 N–H and O–H groups in total. The Labute approximate surface area is 151 Å². The number of rotatable bonds is 7. The van der Waals surface area contributed by atoms with Gasteiger partial charge in [0.25, 0.3) is 15.9 Å². The van der Waals surface area contributed by atoms with Gasteiger partial charge in [0.1, 0.15) is 4.21 Å². The van der Waals surface area contributed by atoms with Crippen molar-refractivity contribution in [1.82, 2.24) is 5.32 Å². The van der Waals surface area contributed by atoms with E-state index < -0.39 is 10.0 Å². The summed E-state index contributed by atoms with van der Waals surface area (Å²) in [5.74, 6) is -0.261. The molecule has 2 rings (SSSR count). The average Bonchev–Trinajstić information content (AvgIpc) is 3.01. The molecule has 1 heterocycles. The molecule has 132 valence electrons. The molecule has 0 spiro atoms. The van der Waals surface area contributed by atoms with Gasteiger partial charge in [-0.15, -0.1) is 23.7 Å². The quantitative estimate of drug-likeness (QED) is 0.676. The van der Waals surface area contributed by atoms with Gasteiger partial charge in [0.2, 0.25) is 0 Å². The second kappa shape index (κ2) is 9.03. The van der Waals surface area contributed by atoms with Crippen molar-refractivity contribution in [1.29, 1.82) is 0 Å². The third kappa shape index (κ3) is 5.79. The molecule has 1 aromatic heterocycles. The molecule has 1 atom stereocenters. The normalized spacial score (nSPS) is 12.1. The van der Waals surface area contributed by atoms with Crippen molar-refractivity contribution in [3.05, 3.63) is 47.3 Å². The highest BCUT2D eigenvalue weighted by Gasteiger charge is 2.16. The molecule has 6 nitrogen and oxygen atoms in total. The van der Waals surface area contributed by atoms with Gasteiger partial charge in [0, 0.05) is 23.8 Å². The van der Waals surface area contributed by atoms with Crippen LogP contribution >= 0.6 is 23.7 Å². The largest absolute Gasteiger partial charge is 0.352 e. The standard InChI is InChI=1S/C15H19N3O3S2.ClH/c1-11(16)7-8-17-15(19)12-4-2-5-13(10-12)18-23(20,21)14-6-3-9-22-14;/h2-6,9-11,18H,7-8,16H2,1H3,(H,17,19);1H. The van der Waals surface area contributed by atoms with Crippen LogP contribution < -0.4 is 15.8 Å². The SMILES string of the molecule is CC(N)CCNC(=O)c1cccc(NS(=O)(=O)c2cccs2)c1.Cl. The summed E-state index contributed by atoms with van der Waals surface area (Å²) in [7, 11) is -3.62. The predicted octanol–water partition coefficient (Wildman–Crippen LogP) is 2.44. The van der Waals surface area contributed by atoms with Crippen LogP contribution in [0.2, 0.25) is 0 Å². The molecule has 0 aliphatic rings. The highest BCUT2D eigenvalue weighted by atomic mass is 35.5. The molecular formula is C15H20ClN3O3S2. The summed E-state index contributed by atoms with van der Waals surface area (Å²) < 4.78 is 27.1. The number of hydrogen-bond acceptors (Lipinski definition) is 5. The van der Waals surface area contributed by atoms with E-state index >= 15 is 0 Å². The van der Waals surface area contributed by atoms with Crippen LogP contribution in [0.15, 0.2) is 46.0 Å². The Morgan fingerprint density at radius 1 is 1.29 bits per heavy atom. The molecule has 0 saturated heterocycles. The maximum atomic E-state index is 12.2. The Kier molecular flexibility index (Phi) is 7.68. The number of carbonyl (C=O) groups is 1. The molecule has 9 heteroatoms. The summed E-state index contributed by atoms with van der Waals surface area (Å²) in [5, 5.41) is 4.45. The number of halogens is 1. The molecule has 0 radical (unpaired) electrons. The zero-order valence-corrected chi connectivity index (χ0v) is 15.5. The first-order chi connectivity index (χ1) is 10.9. The number of sulfonamides is 1. The summed E-state index contributed by atoms with van der Waals surface area (Å²) in [6.07, 6.45) is 0.677. The second-order valence-electron chi connectivity index (χ2n) is 5.14. The zero-order valence-electron chi connectivity index (χ0n) is 13.1. The fourth-order valence-corrected chi connectivity index (χ4v) is 3.90. The number of benzene rings is 1. The van der Waals surface area contributed by atoms with Crippen molar-refractivity contribution >= 4 is 45.4 Å². The van der Waals surface area contributed by atoms with Gasteiger partial charge >= 0.3 is 0 Å². The highest BCUT2D eigenvalue weighted by Crippen LogP contribution is 2.20. The first-order valence-electron chi connectivity index (χ1n) is 7.08. The molecule has 0 aliphatic carbocycles. The van der Waals surface area contributed by atoms with E-state index in [4.69, 9.17) is 5.73 Å². The number of amides is 1. The monoisotopic (exact) mass is 389 g/mol. The lowest BCUT2D eigenvalue weighted by molar-refractivity contribution is 0.0953. The maximum Gasteiger partial charge on any atom is 0.271 e. The van der Waals surface area contributed by atoms with Crippen LogP contribution in [0.25, 0.3) is 0 Å². The Hall–Kier alpha value is -1.61. The predicted molar refractivity (Wildman–Crippen MR) is 99.4 cm³/mol. The zero-order chi connectivity index (χ0) is 16.9. The Morgan fingerprint density at radius 3 is 2.67 bits per heavy atom. The minimum Gasteiger partial charge on any atom is -0.352 e. The van der Waals surface area contributed by atoms with Crippen LogP contribution in [0, 0.1) is 0 Å². The number of nitrogens with one attached hydrogen (secondary N) is 2. The van der Waals surface area contributed by atoms with Crippen LogP contribution in [0.3, 0.4) is 0 Å². The lowest BCUT2D eigenvalue weighted by Gasteiger charge is -2.10. The second-order valence-corrected chi connectivity index (χ2v) is 8.00. The lowest BCUT2D eigenvalue weighted by Crippen LogP contribution is -2.29. The van der Waals surface area contributed by atoms with Gasteiger partial charge in [0.15, 0.2) is 0 Å². The van der Waals surface area contributed by atoms with Crippen LogP contribution in [0.1, 0.15) is 23.7 Å². The molecule has 0 saturated carbocycles. The molecule has 0 bridgehead atoms. The molecule has 1 aromatic carbocycles. The van der Waals surface area contributed by atoms with Gasteiger partial charge in [0.05, 0.1) is 0 Å². The summed E-state index contributed by atoms with van der Waals surface area (Å²) in [5.41, 5.74) is 6.37. The van der Waals surface area contributed by atoms with E-state index in [0.29, 0.717) is 24.2 Å². The Balaban J connectivity index is 0.00000288. The lowest BCUT2D eigenvalue weighted by atomic mass is 10.2. The maximum absolute atomic E-state index is 12.2. The molecule has 2 aromatic rings. The number of nitrogens with two attached hydrogens (primary N) is 1. The van der Waals surface area contributed by atoms with E-state index in [2.05, 4.69) is 10.0 Å². The minimum absolute atomic E-state index is 0. The van der Waals surface area contributed by atoms with Gasteiger partial charge in [-0.25, -0.2) is 8.42 Å². The number of hydrogen-bond donors (Lipinski definition) is 3. The average molecular weight is 390 g/mol. The van der Waals surface area contributed by atoms with Crippen molar-refractivity contribution in [2.75, 3.05) is 11.3 Å². The smallest absolute Gasteiger partial charge is 0.271 e. The van der Waals surface area contributed by atoms with Gasteiger partial charge in [-0.05, 0) is 43.0 Å². The summed E-state index contributed by atoms with van der Waals surface area (Å²) >= 11 is 1.13. The topological polar surface area (TPSA) is 101 Å². The van der Waals surface area contributed by atoms with E-state index in [1.165, 1.54) is 12.1 Å². The highest BCUT2D eigenvalue weighted by molar-refractivity contribution is 7.94. The van der Waals surface area contributed by atoms with Gasteiger partial charge in [-0.1, -0.05) is 12.1 Å². The number of thiophene rings is 1. The van der Waals surface area contributed by atoms with Crippen molar-refractivity contribution in [3.8, 4) is 0 Å². The van der Waals surface area contributed by atoms with E-state index in [1.54, 1.807) is 29.6 Å². The van der Waals surface area contributed by atoms with Crippen LogP contribution in [-0.4, -0.2) is 26.9 Å². The van der Waals surface area contributed by atoms with E-state index in [0.717, 1.165) is 11.3 Å². The molecule has 1 unspecified atom stereocenters. The third-order valence-electron chi connectivity index (χ3n) is 3.02. The summed E-state index contributed by atoms with van der Waals surface area (Å²) in [6, 6.07) is 9.57. The fourth-order valence-electron chi connectivity index (χ4n) is 1.86. The van der Waals surface area contributed by atoms with Crippen molar-refractivity contribution in [2.45, 2.75) is 23.6 Å². The van der Waals surface area contributed by atoms with E-state index in [1.807, 2.05) is 6.92 Å². The Bertz CT molecular complexity index is 762. The van der Waals surface area contributed by atoms with E-state index in [-0.39, 0.29) is 28.6 Å². The van der Waals surface area contributed by atoms with Gasteiger partial charge < -0.3 is 11.1 Å².